The van der Waals surface area contributed by atoms with Crippen molar-refractivity contribution in [3.05, 3.63) is 42.5 Å². The van der Waals surface area contributed by atoms with Gasteiger partial charge in [-0.15, -0.1) is 0 Å². The molecule has 4 N–H and O–H groups in total. The Balaban J connectivity index is 1.62. The van der Waals surface area contributed by atoms with E-state index in [1.807, 2.05) is 42.5 Å². The summed E-state index contributed by atoms with van der Waals surface area (Å²) in [5, 5.41) is 6.25. The number of ether oxygens (including phenoxy) is 2. The van der Waals surface area contributed by atoms with Gasteiger partial charge in [0.25, 0.3) is 5.91 Å². The van der Waals surface area contributed by atoms with Gasteiger partial charge in [-0.1, -0.05) is 30.3 Å². The minimum atomic E-state index is -0.737. The van der Waals surface area contributed by atoms with E-state index in [1.165, 1.54) is 7.11 Å². The van der Waals surface area contributed by atoms with Crippen molar-refractivity contribution >= 4 is 30.2 Å². The second-order valence-electron chi connectivity index (χ2n) is 8.98. The molecule has 1 amide bonds. The molecule has 0 radical (unpaired) electrons. The topological polar surface area (TPSA) is 116 Å². The third kappa shape index (κ3) is 7.86. The van der Waals surface area contributed by atoms with Gasteiger partial charge in [0.05, 0.1) is 24.4 Å². The van der Waals surface area contributed by atoms with E-state index in [2.05, 4.69) is 28.2 Å². The number of aromatic nitrogens is 1. The summed E-state index contributed by atoms with van der Waals surface area (Å²) in [5.74, 6) is 0.854. The van der Waals surface area contributed by atoms with Crippen LogP contribution in [0.5, 0.6) is 5.88 Å². The lowest BCUT2D eigenvalue weighted by Gasteiger charge is -2.27. The summed E-state index contributed by atoms with van der Waals surface area (Å²) in [6.45, 7) is 2.77. The van der Waals surface area contributed by atoms with Crippen LogP contribution in [0.1, 0.15) is 32.6 Å². The van der Waals surface area contributed by atoms with Crippen molar-refractivity contribution in [2.45, 2.75) is 44.8 Å². The highest BCUT2D eigenvalue weighted by Gasteiger charge is 2.27. The van der Waals surface area contributed by atoms with Gasteiger partial charge in [0, 0.05) is 30.4 Å². The fourth-order valence-corrected chi connectivity index (χ4v) is 4.25. The molecule has 0 saturated heterocycles. The Bertz CT molecular complexity index is 967. The number of amides is 1. The highest BCUT2D eigenvalue weighted by atomic mass is 32.1. The molecule has 2 unspecified atom stereocenters. The minimum absolute atomic E-state index is 0.0289. The zero-order valence-corrected chi connectivity index (χ0v) is 21.3. The molecule has 0 spiro atoms. The molecular formula is C26H36N4O4S. The van der Waals surface area contributed by atoms with Crippen molar-refractivity contribution in [3.63, 3.8) is 0 Å². The molecule has 2 aromatic rings. The van der Waals surface area contributed by atoms with Crippen LogP contribution in [0.25, 0.3) is 11.3 Å². The zero-order chi connectivity index (χ0) is 25.2. The molecular weight excluding hydrogens is 464 g/mol. The second-order valence-corrected chi connectivity index (χ2v) is 9.35. The van der Waals surface area contributed by atoms with Crippen LogP contribution in [0.4, 0.5) is 5.69 Å². The fraction of sp³-hybridized carbons (Fsp3) is 0.500. The SMILES string of the molecule is COC(=O)C1CCC(CNC(=O)C(C)Oc2nc(-c3ccccc3)ccc2NCC(N)CS)CC1. The number of rotatable bonds is 11. The van der Waals surface area contributed by atoms with Gasteiger partial charge in [0.2, 0.25) is 5.88 Å². The van der Waals surface area contributed by atoms with Gasteiger partial charge in [-0.3, -0.25) is 9.59 Å². The van der Waals surface area contributed by atoms with Crippen molar-refractivity contribution in [1.29, 1.82) is 0 Å². The van der Waals surface area contributed by atoms with E-state index < -0.39 is 6.10 Å². The molecule has 1 saturated carbocycles. The number of nitrogens with zero attached hydrogens (tertiary/aromatic N) is 1. The molecule has 0 bridgehead atoms. The maximum Gasteiger partial charge on any atom is 0.308 e. The van der Waals surface area contributed by atoms with E-state index in [9.17, 15) is 9.59 Å². The summed E-state index contributed by atoms with van der Waals surface area (Å²) < 4.78 is 10.9. The van der Waals surface area contributed by atoms with Crippen LogP contribution in [-0.2, 0) is 14.3 Å². The molecule has 1 aromatic heterocycles. The lowest BCUT2D eigenvalue weighted by molar-refractivity contribution is -0.146. The molecule has 1 aliphatic rings. The summed E-state index contributed by atoms with van der Waals surface area (Å²) in [5.41, 5.74) is 8.37. The highest BCUT2D eigenvalue weighted by molar-refractivity contribution is 7.80. The molecule has 0 aliphatic heterocycles. The molecule has 9 heteroatoms. The summed E-state index contributed by atoms with van der Waals surface area (Å²) in [7, 11) is 1.43. The van der Waals surface area contributed by atoms with Crippen LogP contribution in [-0.4, -0.2) is 55.0 Å². The van der Waals surface area contributed by atoms with Gasteiger partial charge in [-0.2, -0.15) is 12.6 Å². The zero-order valence-electron chi connectivity index (χ0n) is 20.4. The monoisotopic (exact) mass is 500 g/mol. The standard InChI is InChI=1S/C26H36N4O4S/c1-17(24(31)29-14-18-8-10-20(11-9-18)26(32)33-2)34-25-23(28-15-21(27)16-35)13-12-22(30-25)19-6-4-3-5-7-19/h3-7,12-13,17-18,20-21,28,35H,8-11,14-16,27H2,1-2H3,(H,29,31). The Morgan fingerprint density at radius 3 is 2.51 bits per heavy atom. The van der Waals surface area contributed by atoms with Crippen LogP contribution in [0.15, 0.2) is 42.5 Å². The van der Waals surface area contributed by atoms with Crippen LogP contribution in [0.3, 0.4) is 0 Å². The number of nitrogens with one attached hydrogen (secondary N) is 2. The van der Waals surface area contributed by atoms with Gasteiger partial charge >= 0.3 is 5.97 Å². The number of carbonyl (C=O) groups is 2. The third-order valence-corrected chi connectivity index (χ3v) is 6.79. The molecule has 1 aromatic carbocycles. The molecule has 2 atom stereocenters. The van der Waals surface area contributed by atoms with Crippen molar-refractivity contribution in [1.82, 2.24) is 10.3 Å². The largest absolute Gasteiger partial charge is 0.469 e. The van der Waals surface area contributed by atoms with Gasteiger partial charge in [-0.25, -0.2) is 4.98 Å². The number of benzene rings is 1. The highest BCUT2D eigenvalue weighted by Crippen LogP contribution is 2.30. The van der Waals surface area contributed by atoms with E-state index in [0.29, 0.717) is 36.3 Å². The normalized spacial score (nSPS) is 19.3. The predicted octanol–water partition coefficient (Wildman–Crippen LogP) is 3.28. The number of carbonyl (C=O) groups excluding carboxylic acids is 2. The van der Waals surface area contributed by atoms with Gasteiger partial charge in [0.15, 0.2) is 6.10 Å². The Kier molecular flexibility index (Phi) is 10.2. The first-order chi connectivity index (χ1) is 16.9. The number of hydrogen-bond acceptors (Lipinski definition) is 8. The average molecular weight is 501 g/mol. The molecule has 3 rings (SSSR count). The average Bonchev–Trinajstić information content (AvgIpc) is 2.90. The Hall–Kier alpha value is -2.78. The quantitative estimate of drug-likeness (QED) is 0.276. The first kappa shape index (κ1) is 26.8. The number of esters is 1. The first-order valence-electron chi connectivity index (χ1n) is 12.1. The van der Waals surface area contributed by atoms with Crippen LogP contribution >= 0.6 is 12.6 Å². The third-order valence-electron chi connectivity index (χ3n) is 6.32. The van der Waals surface area contributed by atoms with Crippen LogP contribution in [0, 0.1) is 11.8 Å². The van der Waals surface area contributed by atoms with Gasteiger partial charge in [0.1, 0.15) is 0 Å². The molecule has 190 valence electrons. The number of pyridine rings is 1. The molecule has 1 heterocycles. The molecule has 1 fully saturated rings. The van der Waals surface area contributed by atoms with E-state index >= 15 is 0 Å². The molecule has 8 nitrogen and oxygen atoms in total. The van der Waals surface area contributed by atoms with Crippen molar-refractivity contribution in [2.24, 2.45) is 17.6 Å². The maximum atomic E-state index is 12.8. The van der Waals surface area contributed by atoms with Crippen LogP contribution < -0.4 is 21.1 Å². The lowest BCUT2D eigenvalue weighted by Crippen LogP contribution is -2.40. The number of nitrogens with two attached hydrogens (primary N) is 1. The van der Waals surface area contributed by atoms with Gasteiger partial charge in [-0.05, 0) is 50.7 Å². The van der Waals surface area contributed by atoms with E-state index in [-0.39, 0.29) is 23.8 Å². The van der Waals surface area contributed by atoms with E-state index in [4.69, 9.17) is 15.2 Å². The van der Waals surface area contributed by atoms with E-state index in [0.717, 1.165) is 36.9 Å². The van der Waals surface area contributed by atoms with E-state index in [1.54, 1.807) is 6.92 Å². The predicted molar refractivity (Wildman–Crippen MR) is 141 cm³/mol. The van der Waals surface area contributed by atoms with Crippen molar-refractivity contribution in [3.8, 4) is 17.1 Å². The first-order valence-corrected chi connectivity index (χ1v) is 12.7. The van der Waals surface area contributed by atoms with Gasteiger partial charge < -0.3 is 25.8 Å². The second kappa shape index (κ2) is 13.3. The number of methoxy groups -OCH3 is 1. The summed E-state index contributed by atoms with van der Waals surface area (Å²) in [6, 6.07) is 13.5. The fourth-order valence-electron chi connectivity index (χ4n) is 4.12. The molecule has 35 heavy (non-hydrogen) atoms. The summed E-state index contributed by atoms with van der Waals surface area (Å²) in [4.78, 5) is 29.2. The van der Waals surface area contributed by atoms with Crippen molar-refractivity contribution in [2.75, 3.05) is 31.3 Å². The lowest BCUT2D eigenvalue weighted by atomic mass is 9.82. The smallest absolute Gasteiger partial charge is 0.308 e. The number of thiol groups is 1. The maximum absolute atomic E-state index is 12.8. The number of hydrogen-bond donors (Lipinski definition) is 4. The Morgan fingerprint density at radius 1 is 1.14 bits per heavy atom. The summed E-state index contributed by atoms with van der Waals surface area (Å²) >= 11 is 4.23. The van der Waals surface area contributed by atoms with Crippen molar-refractivity contribution < 1.29 is 19.1 Å². The molecule has 1 aliphatic carbocycles. The Morgan fingerprint density at radius 2 is 1.86 bits per heavy atom. The number of anilines is 1. The summed E-state index contributed by atoms with van der Waals surface area (Å²) in [6.07, 6.45) is 2.61. The van der Waals surface area contributed by atoms with Crippen LogP contribution in [0.2, 0.25) is 0 Å². The minimum Gasteiger partial charge on any atom is -0.469 e. The Labute approximate surface area is 212 Å².